The smallest absolute Gasteiger partial charge is 0.272 e. The molecule has 2 heterocycles. The monoisotopic (exact) mass is 425 g/mol. The minimum atomic E-state index is -0.764. The molecule has 1 saturated heterocycles. The molecule has 4 rings (SSSR count). The van der Waals surface area contributed by atoms with E-state index >= 15 is 0 Å². The van der Waals surface area contributed by atoms with Crippen LogP contribution in [0.4, 0.5) is 14.5 Å². The molecule has 8 heteroatoms. The van der Waals surface area contributed by atoms with Crippen LogP contribution in [0.25, 0.3) is 11.1 Å². The van der Waals surface area contributed by atoms with Crippen LogP contribution < -0.4 is 16.0 Å². The lowest BCUT2D eigenvalue weighted by Crippen LogP contribution is -2.40. The Bertz CT molecular complexity index is 1050. The van der Waals surface area contributed by atoms with Crippen molar-refractivity contribution < 1.29 is 13.6 Å². The van der Waals surface area contributed by atoms with E-state index in [2.05, 4.69) is 16.4 Å². The van der Waals surface area contributed by atoms with Crippen molar-refractivity contribution in [3.63, 3.8) is 0 Å². The van der Waals surface area contributed by atoms with Crippen molar-refractivity contribution in [3.05, 3.63) is 47.3 Å². The maximum Gasteiger partial charge on any atom is 0.272 e. The second-order valence-electron chi connectivity index (χ2n) is 8.94. The SMILES string of the molecule is C[C@H](NC(=O)c1ncc(C#N)c(-c2cc(F)cc(F)c2)c1N1CC[C@](C)(N)C1)C1CC1. The highest BCUT2D eigenvalue weighted by Gasteiger charge is 2.36. The standard InChI is InChI=1S/C23H25F2N5O/c1-13(14-3-4-14)29-22(31)20-21(30-6-5-23(2,27)12-30)19(16(10-26)11-28-20)15-7-17(24)9-18(25)8-15/h7-9,11,13-14H,3-6,12,27H2,1-2H3,(H,29,31)/t13-,23-/m0/s1. The van der Waals surface area contributed by atoms with Gasteiger partial charge in [0.1, 0.15) is 17.7 Å². The summed E-state index contributed by atoms with van der Waals surface area (Å²) in [6, 6.07) is 5.14. The number of aromatic nitrogens is 1. The third-order valence-electron chi connectivity index (χ3n) is 6.05. The lowest BCUT2D eigenvalue weighted by Gasteiger charge is -2.27. The second-order valence-corrected chi connectivity index (χ2v) is 8.94. The highest BCUT2D eigenvalue weighted by atomic mass is 19.1. The van der Waals surface area contributed by atoms with Crippen molar-refractivity contribution in [1.29, 1.82) is 5.26 Å². The third kappa shape index (κ3) is 4.37. The molecular formula is C23H25F2N5O. The molecule has 2 atom stereocenters. The van der Waals surface area contributed by atoms with Crippen molar-refractivity contribution in [2.24, 2.45) is 11.7 Å². The van der Waals surface area contributed by atoms with Crippen LogP contribution in [0.5, 0.6) is 0 Å². The average Bonchev–Trinajstić information content (AvgIpc) is 3.49. The van der Waals surface area contributed by atoms with E-state index in [0.29, 0.717) is 31.1 Å². The molecule has 2 aliphatic rings. The first-order valence-electron chi connectivity index (χ1n) is 10.4. The molecule has 1 aromatic carbocycles. The molecule has 1 aliphatic carbocycles. The number of nitrogens with two attached hydrogens (primary N) is 1. The molecule has 2 fully saturated rings. The van der Waals surface area contributed by atoms with Crippen molar-refractivity contribution in [3.8, 4) is 17.2 Å². The summed E-state index contributed by atoms with van der Waals surface area (Å²) in [5, 5.41) is 12.7. The van der Waals surface area contributed by atoms with Gasteiger partial charge in [0.25, 0.3) is 5.91 Å². The van der Waals surface area contributed by atoms with Crippen LogP contribution in [0.3, 0.4) is 0 Å². The number of hydrogen-bond acceptors (Lipinski definition) is 5. The summed E-state index contributed by atoms with van der Waals surface area (Å²) >= 11 is 0. The Balaban J connectivity index is 1.89. The summed E-state index contributed by atoms with van der Waals surface area (Å²) in [7, 11) is 0. The molecule has 2 aromatic rings. The van der Waals surface area contributed by atoms with Crippen molar-refractivity contribution in [2.45, 2.75) is 44.7 Å². The number of pyridine rings is 1. The van der Waals surface area contributed by atoms with Gasteiger partial charge in [-0.2, -0.15) is 5.26 Å². The summed E-state index contributed by atoms with van der Waals surface area (Å²) in [5.74, 6) is -1.45. The molecule has 1 aliphatic heterocycles. The molecule has 162 valence electrons. The Morgan fingerprint density at radius 3 is 2.58 bits per heavy atom. The van der Waals surface area contributed by atoms with E-state index in [1.165, 1.54) is 6.20 Å². The number of nitriles is 1. The van der Waals surface area contributed by atoms with Gasteiger partial charge in [-0.1, -0.05) is 0 Å². The molecule has 1 saturated carbocycles. The first kappa shape index (κ1) is 21.2. The van der Waals surface area contributed by atoms with E-state index in [4.69, 9.17) is 5.73 Å². The summed E-state index contributed by atoms with van der Waals surface area (Å²) in [6.07, 6.45) is 4.09. The molecule has 3 N–H and O–H groups in total. The van der Waals surface area contributed by atoms with E-state index in [1.807, 2.05) is 18.7 Å². The summed E-state index contributed by atoms with van der Waals surface area (Å²) in [4.78, 5) is 19.4. The van der Waals surface area contributed by atoms with Gasteiger partial charge in [0.2, 0.25) is 0 Å². The Morgan fingerprint density at radius 2 is 2.03 bits per heavy atom. The normalized spacial score (nSPS) is 21.6. The topological polar surface area (TPSA) is 95.0 Å². The number of anilines is 1. The van der Waals surface area contributed by atoms with Gasteiger partial charge in [-0.3, -0.25) is 4.79 Å². The van der Waals surface area contributed by atoms with E-state index in [0.717, 1.165) is 31.0 Å². The summed E-state index contributed by atoms with van der Waals surface area (Å²) < 4.78 is 28.1. The van der Waals surface area contributed by atoms with E-state index in [9.17, 15) is 18.8 Å². The Kier molecular flexibility index (Phi) is 5.40. The zero-order valence-corrected chi connectivity index (χ0v) is 17.6. The fraction of sp³-hybridized carbons (Fsp3) is 0.435. The van der Waals surface area contributed by atoms with Gasteiger partial charge in [0, 0.05) is 42.5 Å². The number of carbonyl (C=O) groups is 1. The fourth-order valence-corrected chi connectivity index (χ4v) is 4.21. The molecule has 0 unspecified atom stereocenters. The average molecular weight is 425 g/mol. The third-order valence-corrected chi connectivity index (χ3v) is 6.05. The number of halogens is 2. The molecular weight excluding hydrogens is 400 g/mol. The summed E-state index contributed by atoms with van der Waals surface area (Å²) in [5.41, 5.74) is 6.95. The van der Waals surface area contributed by atoms with Gasteiger partial charge < -0.3 is 16.0 Å². The van der Waals surface area contributed by atoms with Gasteiger partial charge in [0.05, 0.1) is 11.3 Å². The van der Waals surface area contributed by atoms with Crippen LogP contribution in [0, 0.1) is 28.9 Å². The summed E-state index contributed by atoms with van der Waals surface area (Å²) in [6.45, 7) is 4.82. The highest BCUT2D eigenvalue weighted by molar-refractivity contribution is 6.03. The predicted molar refractivity (Wildman–Crippen MR) is 113 cm³/mol. The number of nitrogens with one attached hydrogen (secondary N) is 1. The van der Waals surface area contributed by atoms with Gasteiger partial charge in [-0.05, 0) is 56.7 Å². The van der Waals surface area contributed by atoms with Crippen LogP contribution in [0.2, 0.25) is 0 Å². The molecule has 0 radical (unpaired) electrons. The Morgan fingerprint density at radius 1 is 1.35 bits per heavy atom. The van der Waals surface area contributed by atoms with Crippen molar-refractivity contribution in [2.75, 3.05) is 18.0 Å². The first-order chi connectivity index (χ1) is 14.7. The van der Waals surface area contributed by atoms with E-state index in [-0.39, 0.29) is 34.3 Å². The van der Waals surface area contributed by atoms with Gasteiger partial charge in [0.15, 0.2) is 5.69 Å². The number of hydrogen-bond donors (Lipinski definition) is 2. The molecule has 0 bridgehead atoms. The zero-order chi connectivity index (χ0) is 22.3. The lowest BCUT2D eigenvalue weighted by atomic mass is 9.97. The van der Waals surface area contributed by atoms with Crippen LogP contribution in [0.1, 0.15) is 49.2 Å². The molecule has 1 amide bonds. The molecule has 1 aromatic heterocycles. The molecule has 0 spiro atoms. The van der Waals surface area contributed by atoms with Crippen molar-refractivity contribution in [1.82, 2.24) is 10.3 Å². The number of amides is 1. The second kappa shape index (κ2) is 7.89. The number of carbonyl (C=O) groups excluding carboxylic acids is 1. The van der Waals surface area contributed by atoms with E-state index < -0.39 is 17.2 Å². The number of nitrogens with zero attached hydrogens (tertiary/aromatic N) is 3. The Labute approximate surface area is 180 Å². The quantitative estimate of drug-likeness (QED) is 0.766. The van der Waals surface area contributed by atoms with Gasteiger partial charge in [-0.15, -0.1) is 0 Å². The first-order valence-corrected chi connectivity index (χ1v) is 10.4. The zero-order valence-electron chi connectivity index (χ0n) is 17.6. The largest absolute Gasteiger partial charge is 0.367 e. The minimum Gasteiger partial charge on any atom is -0.367 e. The lowest BCUT2D eigenvalue weighted by molar-refractivity contribution is 0.0931. The van der Waals surface area contributed by atoms with Gasteiger partial charge in [-0.25, -0.2) is 13.8 Å². The minimum absolute atomic E-state index is 0.00814. The highest BCUT2D eigenvalue weighted by Crippen LogP contribution is 2.40. The number of benzene rings is 1. The molecule has 31 heavy (non-hydrogen) atoms. The maximum atomic E-state index is 14.1. The Hall–Kier alpha value is -3.05. The van der Waals surface area contributed by atoms with Crippen LogP contribution in [0.15, 0.2) is 24.4 Å². The fourth-order valence-electron chi connectivity index (χ4n) is 4.21. The maximum absolute atomic E-state index is 14.1. The van der Waals surface area contributed by atoms with Crippen molar-refractivity contribution >= 4 is 11.6 Å². The number of rotatable bonds is 5. The predicted octanol–water partition coefficient (Wildman–Crippen LogP) is 3.35. The molecule has 6 nitrogen and oxygen atoms in total. The van der Waals surface area contributed by atoms with Crippen LogP contribution in [-0.2, 0) is 0 Å². The van der Waals surface area contributed by atoms with Gasteiger partial charge >= 0.3 is 0 Å². The van der Waals surface area contributed by atoms with E-state index in [1.54, 1.807) is 0 Å². The van der Waals surface area contributed by atoms with Crippen LogP contribution >= 0.6 is 0 Å². The van der Waals surface area contributed by atoms with Crippen LogP contribution in [-0.4, -0.2) is 35.6 Å².